The molecule has 1 aromatic carbocycles. The average Bonchev–Trinajstić information content (AvgIpc) is 3.34. The maximum absolute atomic E-state index is 12.9. The number of carboxylic acid groups (broad SMARTS) is 1. The predicted molar refractivity (Wildman–Crippen MR) is 105 cm³/mol. The van der Waals surface area contributed by atoms with E-state index in [2.05, 4.69) is 10.3 Å². The van der Waals surface area contributed by atoms with E-state index in [1.807, 2.05) is 0 Å². The molecule has 8 nitrogen and oxygen atoms in total. The van der Waals surface area contributed by atoms with Crippen molar-refractivity contribution in [1.82, 2.24) is 9.88 Å². The molecule has 11 heteroatoms. The summed E-state index contributed by atoms with van der Waals surface area (Å²) in [7, 11) is 0. The number of carboxylic acids is 1. The molecule has 4 rings (SSSR count). The molecule has 2 aliphatic rings. The van der Waals surface area contributed by atoms with Crippen molar-refractivity contribution >= 4 is 63.3 Å². The molecule has 146 valence electrons. The molecule has 0 saturated carbocycles. The van der Waals surface area contributed by atoms with E-state index >= 15 is 0 Å². The van der Waals surface area contributed by atoms with Crippen molar-refractivity contribution in [2.75, 3.05) is 29.9 Å². The largest absolute Gasteiger partial charge is 0.474 e. The first kappa shape index (κ1) is 19.0. The summed E-state index contributed by atoms with van der Waals surface area (Å²) in [6.45, 7) is 0.810. The monoisotopic (exact) mass is 440 g/mol. The van der Waals surface area contributed by atoms with Crippen LogP contribution < -0.4 is 10.2 Å². The number of nitrogens with zero attached hydrogens (tertiary/aromatic N) is 3. The summed E-state index contributed by atoms with van der Waals surface area (Å²) < 4.78 is 0.457. The van der Waals surface area contributed by atoms with E-state index in [9.17, 15) is 14.4 Å². The van der Waals surface area contributed by atoms with Crippen LogP contribution in [-0.4, -0.2) is 52.5 Å². The van der Waals surface area contributed by atoms with Gasteiger partial charge in [-0.05, 0) is 30.2 Å². The average molecular weight is 441 g/mol. The van der Waals surface area contributed by atoms with Crippen LogP contribution in [0.1, 0.15) is 12.0 Å². The lowest BCUT2D eigenvalue weighted by molar-refractivity contribution is -0.155. The standard InChI is InChI=1S/C17H14Cl2N4O4S/c18-9-1-2-11-10(5-9)17(3-4-22(7-17)13(24)14(25)26)8-23(11)16(27)21-15-20-6-12(19)28-15/h1-2,5-6H,3-4,7-8H2,(H,25,26)(H,20,21,27). The Morgan fingerprint density at radius 2 is 2.04 bits per heavy atom. The van der Waals surface area contributed by atoms with Gasteiger partial charge in [0.2, 0.25) is 0 Å². The maximum atomic E-state index is 12.9. The second-order valence-corrected chi connectivity index (χ2v) is 8.81. The number of carbonyl (C=O) groups excluding carboxylic acids is 2. The molecular weight excluding hydrogens is 427 g/mol. The number of rotatable bonds is 1. The molecule has 2 aromatic rings. The van der Waals surface area contributed by atoms with E-state index in [1.54, 1.807) is 23.1 Å². The number of carbonyl (C=O) groups is 3. The van der Waals surface area contributed by atoms with Crippen molar-refractivity contribution in [1.29, 1.82) is 0 Å². The van der Waals surface area contributed by atoms with Gasteiger partial charge in [0.25, 0.3) is 0 Å². The van der Waals surface area contributed by atoms with Crippen LogP contribution in [0, 0.1) is 0 Å². The number of aliphatic carboxylic acids is 1. The highest BCUT2D eigenvalue weighted by molar-refractivity contribution is 7.19. The van der Waals surface area contributed by atoms with Gasteiger partial charge in [0, 0.05) is 35.8 Å². The summed E-state index contributed by atoms with van der Waals surface area (Å²) in [6.07, 6.45) is 1.99. The minimum atomic E-state index is -1.49. The molecule has 3 heterocycles. The zero-order valence-electron chi connectivity index (χ0n) is 14.3. The number of fused-ring (bicyclic) bond motifs is 2. The van der Waals surface area contributed by atoms with E-state index in [4.69, 9.17) is 28.3 Å². The third-order valence-corrected chi connectivity index (χ3v) is 6.31. The van der Waals surface area contributed by atoms with Gasteiger partial charge in [0.05, 0.1) is 6.20 Å². The van der Waals surface area contributed by atoms with Gasteiger partial charge >= 0.3 is 17.9 Å². The van der Waals surface area contributed by atoms with Crippen LogP contribution in [0.3, 0.4) is 0 Å². The van der Waals surface area contributed by atoms with Crippen LogP contribution in [-0.2, 0) is 15.0 Å². The second-order valence-electron chi connectivity index (χ2n) is 6.71. The molecular formula is C17H14Cl2N4O4S. The van der Waals surface area contributed by atoms with Crippen LogP contribution in [0.25, 0.3) is 0 Å². The van der Waals surface area contributed by atoms with Crippen molar-refractivity contribution in [3.8, 4) is 0 Å². The highest BCUT2D eigenvalue weighted by atomic mass is 35.5. The number of benzene rings is 1. The second kappa shape index (κ2) is 6.91. The zero-order valence-corrected chi connectivity index (χ0v) is 16.6. The van der Waals surface area contributed by atoms with Crippen molar-refractivity contribution in [2.45, 2.75) is 11.8 Å². The fourth-order valence-electron chi connectivity index (χ4n) is 3.82. The molecule has 1 saturated heterocycles. The van der Waals surface area contributed by atoms with Gasteiger partial charge < -0.3 is 10.0 Å². The van der Waals surface area contributed by atoms with Crippen LogP contribution in [0.5, 0.6) is 0 Å². The number of thiazole rings is 1. The van der Waals surface area contributed by atoms with E-state index in [0.717, 1.165) is 16.9 Å². The van der Waals surface area contributed by atoms with Crippen LogP contribution >= 0.6 is 34.5 Å². The van der Waals surface area contributed by atoms with E-state index in [0.29, 0.717) is 39.7 Å². The van der Waals surface area contributed by atoms with Gasteiger partial charge in [-0.1, -0.05) is 34.5 Å². The number of halogens is 2. The summed E-state index contributed by atoms with van der Waals surface area (Å²) in [6, 6.07) is 4.84. The Morgan fingerprint density at radius 1 is 1.25 bits per heavy atom. The van der Waals surface area contributed by atoms with Crippen molar-refractivity contribution in [3.63, 3.8) is 0 Å². The number of urea groups is 1. The number of anilines is 2. The van der Waals surface area contributed by atoms with E-state index in [1.165, 1.54) is 11.1 Å². The van der Waals surface area contributed by atoms with Crippen molar-refractivity contribution in [3.05, 3.63) is 39.3 Å². The molecule has 2 aliphatic heterocycles. The number of nitrogens with one attached hydrogen (secondary N) is 1. The number of hydrogen-bond acceptors (Lipinski definition) is 5. The third-order valence-electron chi connectivity index (χ3n) is 5.04. The Hall–Kier alpha value is -2.36. The lowest BCUT2D eigenvalue weighted by Crippen LogP contribution is -2.42. The molecule has 1 unspecified atom stereocenters. The normalized spacial score (nSPS) is 20.5. The third kappa shape index (κ3) is 3.19. The molecule has 0 radical (unpaired) electrons. The first-order chi connectivity index (χ1) is 13.3. The molecule has 1 atom stereocenters. The number of aromatic nitrogens is 1. The minimum absolute atomic E-state index is 0.207. The zero-order chi connectivity index (χ0) is 20.1. The van der Waals surface area contributed by atoms with Gasteiger partial charge in [0.15, 0.2) is 5.13 Å². The van der Waals surface area contributed by atoms with Crippen LogP contribution in [0.15, 0.2) is 24.4 Å². The molecule has 0 bridgehead atoms. The Kier molecular flexibility index (Phi) is 4.68. The Balaban J connectivity index is 1.64. The quantitative estimate of drug-likeness (QED) is 0.663. The summed E-state index contributed by atoms with van der Waals surface area (Å²) in [4.78, 5) is 42.7. The summed E-state index contributed by atoms with van der Waals surface area (Å²) in [5.41, 5.74) is 0.936. The first-order valence-corrected chi connectivity index (χ1v) is 9.88. The molecule has 2 N–H and O–H groups in total. The summed E-state index contributed by atoms with van der Waals surface area (Å²) >= 11 is 13.2. The topological polar surface area (TPSA) is 103 Å². The fourth-order valence-corrected chi connectivity index (χ4v) is 4.80. The molecule has 3 amide bonds. The molecule has 28 heavy (non-hydrogen) atoms. The van der Waals surface area contributed by atoms with Gasteiger partial charge in [-0.25, -0.2) is 14.6 Å². The van der Waals surface area contributed by atoms with Gasteiger partial charge in [-0.2, -0.15) is 0 Å². The Morgan fingerprint density at radius 3 is 2.71 bits per heavy atom. The molecule has 1 fully saturated rings. The fraction of sp³-hybridized carbons (Fsp3) is 0.294. The Labute approximate surface area is 173 Å². The van der Waals surface area contributed by atoms with Crippen molar-refractivity contribution < 1.29 is 19.5 Å². The molecule has 0 aliphatic carbocycles. The van der Waals surface area contributed by atoms with Gasteiger partial charge in [-0.3, -0.25) is 15.0 Å². The minimum Gasteiger partial charge on any atom is -0.474 e. The summed E-state index contributed by atoms with van der Waals surface area (Å²) in [5.74, 6) is -2.43. The number of hydrogen-bond donors (Lipinski definition) is 2. The molecule has 1 aromatic heterocycles. The lowest BCUT2D eigenvalue weighted by atomic mass is 9.81. The SMILES string of the molecule is O=C(O)C(=O)N1CCC2(C1)CN(C(=O)Nc1ncc(Cl)s1)c1ccc(Cl)cc12. The first-order valence-electron chi connectivity index (χ1n) is 8.31. The smallest absolute Gasteiger partial charge is 0.394 e. The van der Waals surface area contributed by atoms with E-state index < -0.39 is 17.3 Å². The number of amides is 3. The predicted octanol–water partition coefficient (Wildman–Crippen LogP) is 3.06. The van der Waals surface area contributed by atoms with E-state index in [-0.39, 0.29) is 12.6 Å². The van der Waals surface area contributed by atoms with Gasteiger partial charge in [-0.15, -0.1) is 0 Å². The maximum Gasteiger partial charge on any atom is 0.394 e. The lowest BCUT2D eigenvalue weighted by Gasteiger charge is -2.25. The van der Waals surface area contributed by atoms with Crippen LogP contribution in [0.2, 0.25) is 9.36 Å². The molecule has 1 spiro atoms. The van der Waals surface area contributed by atoms with Gasteiger partial charge in [0.1, 0.15) is 4.34 Å². The highest BCUT2D eigenvalue weighted by Gasteiger charge is 2.50. The summed E-state index contributed by atoms with van der Waals surface area (Å²) in [5, 5.41) is 12.6. The van der Waals surface area contributed by atoms with Crippen molar-refractivity contribution in [2.24, 2.45) is 0 Å². The Bertz CT molecular complexity index is 997. The number of likely N-dealkylation sites (tertiary alicyclic amines) is 1. The highest BCUT2D eigenvalue weighted by Crippen LogP contribution is 2.47. The van der Waals surface area contributed by atoms with Crippen LogP contribution in [0.4, 0.5) is 15.6 Å².